The highest BCUT2D eigenvalue weighted by molar-refractivity contribution is 8.39. The minimum absolute atomic E-state index is 0.00636. The summed E-state index contributed by atoms with van der Waals surface area (Å²) in [5.41, 5.74) is 0.521. The molecular weight excluding hydrogens is 297 g/mol. The lowest BCUT2D eigenvalue weighted by atomic mass is 10.1. The monoisotopic (exact) mass is 305 g/mol. The summed E-state index contributed by atoms with van der Waals surface area (Å²) in [6, 6.07) is 4.92. The van der Waals surface area contributed by atoms with E-state index in [2.05, 4.69) is 4.99 Å². The topological polar surface area (TPSA) is 29.4 Å². The van der Waals surface area contributed by atoms with E-state index < -0.39 is 0 Å². The largest absolute Gasteiger partial charge is 0.293 e. The van der Waals surface area contributed by atoms with Crippen LogP contribution in [0.4, 0.5) is 0 Å². The maximum absolute atomic E-state index is 11.9. The van der Waals surface area contributed by atoms with E-state index in [1.54, 1.807) is 30.0 Å². The fraction of sp³-hybridized carbons (Fsp3) is 0.273. The quantitative estimate of drug-likeness (QED) is 0.790. The molecule has 0 fully saturated rings. The molecule has 1 aliphatic rings. The number of hydrogen-bond acceptors (Lipinski definition) is 4. The van der Waals surface area contributed by atoms with Crippen molar-refractivity contribution in [2.75, 3.05) is 18.1 Å². The van der Waals surface area contributed by atoms with Crippen LogP contribution in [0.3, 0.4) is 0 Å². The van der Waals surface area contributed by atoms with Crippen LogP contribution in [-0.2, 0) is 0 Å². The Morgan fingerprint density at radius 3 is 2.94 bits per heavy atom. The molecule has 0 aliphatic carbocycles. The van der Waals surface area contributed by atoms with E-state index >= 15 is 0 Å². The molecule has 6 heteroatoms. The average molecular weight is 306 g/mol. The summed E-state index contributed by atoms with van der Waals surface area (Å²) in [5, 5.41) is 0.944. The average Bonchev–Trinajstić information content (AvgIpc) is 2.78. The van der Waals surface area contributed by atoms with Crippen molar-refractivity contribution < 1.29 is 4.79 Å². The summed E-state index contributed by atoms with van der Waals surface area (Å²) in [4.78, 5) is 16.2. The first-order valence-corrected chi connectivity index (χ1v) is 7.68. The van der Waals surface area contributed by atoms with Gasteiger partial charge in [-0.3, -0.25) is 9.79 Å². The van der Waals surface area contributed by atoms with Gasteiger partial charge in [0.1, 0.15) is 4.38 Å². The molecule has 0 saturated heterocycles. The first-order chi connectivity index (χ1) is 8.16. The van der Waals surface area contributed by atoms with Crippen LogP contribution >= 0.6 is 46.7 Å². The van der Waals surface area contributed by atoms with Crippen LogP contribution < -0.4 is 0 Å². The van der Waals surface area contributed by atoms with Crippen LogP contribution in [0.1, 0.15) is 10.4 Å². The predicted octanol–water partition coefficient (Wildman–Crippen LogP) is 4.01. The maximum atomic E-state index is 11.9. The molecule has 1 aromatic carbocycles. The lowest BCUT2D eigenvalue weighted by Gasteiger charge is -2.03. The molecule has 2 nitrogen and oxygen atoms in total. The number of carbonyl (C=O) groups is 1. The van der Waals surface area contributed by atoms with Crippen molar-refractivity contribution in [3.63, 3.8) is 0 Å². The van der Waals surface area contributed by atoms with Crippen LogP contribution in [0.2, 0.25) is 10.0 Å². The van der Waals surface area contributed by atoms with Crippen molar-refractivity contribution in [1.82, 2.24) is 0 Å². The zero-order chi connectivity index (χ0) is 12.3. The van der Waals surface area contributed by atoms with Gasteiger partial charge in [-0.1, -0.05) is 46.7 Å². The first kappa shape index (κ1) is 13.3. The van der Waals surface area contributed by atoms with Gasteiger partial charge < -0.3 is 0 Å². The van der Waals surface area contributed by atoms with Gasteiger partial charge in [0.25, 0.3) is 0 Å². The number of ketones is 1. The number of halogens is 2. The van der Waals surface area contributed by atoms with Gasteiger partial charge in [-0.25, -0.2) is 0 Å². The summed E-state index contributed by atoms with van der Waals surface area (Å²) in [5.74, 6) is 1.39. The minimum Gasteiger partial charge on any atom is -0.293 e. The highest BCUT2D eigenvalue weighted by Crippen LogP contribution is 2.25. The lowest BCUT2D eigenvalue weighted by molar-refractivity contribution is 0.102. The highest BCUT2D eigenvalue weighted by Gasteiger charge is 2.14. The van der Waals surface area contributed by atoms with Crippen molar-refractivity contribution in [1.29, 1.82) is 0 Å². The number of rotatable bonds is 3. The zero-order valence-electron chi connectivity index (χ0n) is 8.78. The SMILES string of the molecule is O=C(CSC1=NCCS1)c1ccc(Cl)cc1Cl. The number of benzene rings is 1. The van der Waals surface area contributed by atoms with Crippen molar-refractivity contribution in [3.05, 3.63) is 33.8 Å². The van der Waals surface area contributed by atoms with Gasteiger partial charge >= 0.3 is 0 Å². The second kappa shape index (κ2) is 6.14. The normalized spacial score (nSPS) is 14.8. The van der Waals surface area contributed by atoms with E-state index in [1.165, 1.54) is 11.8 Å². The van der Waals surface area contributed by atoms with Crippen LogP contribution in [0.5, 0.6) is 0 Å². The Kier molecular flexibility index (Phi) is 4.79. The second-order valence-electron chi connectivity index (χ2n) is 3.33. The Balaban J connectivity index is 1.99. The number of thioether (sulfide) groups is 2. The van der Waals surface area contributed by atoms with E-state index in [9.17, 15) is 4.79 Å². The molecule has 17 heavy (non-hydrogen) atoms. The van der Waals surface area contributed by atoms with Gasteiger partial charge in [0, 0.05) is 16.3 Å². The molecule has 0 aromatic heterocycles. The van der Waals surface area contributed by atoms with Gasteiger partial charge in [0.05, 0.1) is 17.3 Å². The first-order valence-electron chi connectivity index (χ1n) is 4.95. The van der Waals surface area contributed by atoms with Gasteiger partial charge in [-0.2, -0.15) is 0 Å². The number of carbonyl (C=O) groups excluding carboxylic acids is 1. The third-order valence-corrected chi connectivity index (χ3v) is 4.92. The number of hydrogen-bond donors (Lipinski definition) is 0. The highest BCUT2D eigenvalue weighted by atomic mass is 35.5. The fourth-order valence-electron chi connectivity index (χ4n) is 1.32. The summed E-state index contributed by atoms with van der Waals surface area (Å²) in [6.45, 7) is 0.850. The second-order valence-corrected chi connectivity index (χ2v) is 6.48. The van der Waals surface area contributed by atoms with Crippen LogP contribution in [0, 0.1) is 0 Å². The lowest BCUT2D eigenvalue weighted by Crippen LogP contribution is -2.04. The molecule has 90 valence electrons. The van der Waals surface area contributed by atoms with E-state index in [1.807, 2.05) is 0 Å². The molecule has 0 bridgehead atoms. The molecule has 0 N–H and O–H groups in total. The maximum Gasteiger partial charge on any atom is 0.174 e. The van der Waals surface area contributed by atoms with Gasteiger partial charge in [-0.15, -0.1) is 0 Å². The Labute approximate surface area is 118 Å². The zero-order valence-corrected chi connectivity index (χ0v) is 11.9. The van der Waals surface area contributed by atoms with Gasteiger partial charge in [0.2, 0.25) is 0 Å². The number of Topliss-reactive ketones (excluding diaryl/α,β-unsaturated/α-hetero) is 1. The van der Waals surface area contributed by atoms with Crippen LogP contribution in [-0.4, -0.2) is 28.2 Å². The molecule has 1 aliphatic heterocycles. The molecule has 1 heterocycles. The summed E-state index contributed by atoms with van der Waals surface area (Å²) in [7, 11) is 0. The van der Waals surface area contributed by atoms with E-state index in [0.717, 1.165) is 16.7 Å². The fourth-order valence-corrected chi connectivity index (χ4v) is 3.73. The molecule has 0 spiro atoms. The Bertz CT molecular complexity index is 477. The van der Waals surface area contributed by atoms with Crippen molar-refractivity contribution >= 4 is 56.9 Å². The van der Waals surface area contributed by atoms with E-state index in [-0.39, 0.29) is 5.78 Å². The smallest absolute Gasteiger partial charge is 0.174 e. The summed E-state index contributed by atoms with van der Waals surface area (Å²) < 4.78 is 0.989. The summed E-state index contributed by atoms with van der Waals surface area (Å²) in [6.07, 6.45) is 0. The molecule has 2 rings (SSSR count). The van der Waals surface area contributed by atoms with Crippen LogP contribution in [0.15, 0.2) is 23.2 Å². The molecular formula is C11H9Cl2NOS2. The van der Waals surface area contributed by atoms with Crippen LogP contribution in [0.25, 0.3) is 0 Å². The predicted molar refractivity (Wildman–Crippen MR) is 78.0 cm³/mol. The van der Waals surface area contributed by atoms with Crippen molar-refractivity contribution in [3.8, 4) is 0 Å². The Morgan fingerprint density at radius 2 is 2.29 bits per heavy atom. The molecule has 0 radical (unpaired) electrons. The third-order valence-electron chi connectivity index (χ3n) is 2.12. The van der Waals surface area contributed by atoms with E-state index in [4.69, 9.17) is 23.2 Å². The van der Waals surface area contributed by atoms with E-state index in [0.29, 0.717) is 21.4 Å². The summed E-state index contributed by atoms with van der Waals surface area (Å²) >= 11 is 14.9. The standard InChI is InChI=1S/C11H9Cl2NOS2/c12-7-1-2-8(9(13)5-7)10(15)6-17-11-14-3-4-16-11/h1-2,5H,3-4,6H2. The Morgan fingerprint density at radius 1 is 1.47 bits per heavy atom. The number of nitrogens with zero attached hydrogens (tertiary/aromatic N) is 1. The minimum atomic E-state index is 0.00636. The number of aliphatic imine (C=N–C) groups is 1. The van der Waals surface area contributed by atoms with Crippen molar-refractivity contribution in [2.24, 2.45) is 4.99 Å². The molecule has 0 atom stereocenters. The molecule has 0 unspecified atom stereocenters. The third kappa shape index (κ3) is 3.65. The van der Waals surface area contributed by atoms with Gasteiger partial charge in [-0.05, 0) is 18.2 Å². The van der Waals surface area contributed by atoms with Crippen molar-refractivity contribution in [2.45, 2.75) is 0 Å². The molecule has 0 amide bonds. The molecule has 0 saturated carbocycles. The van der Waals surface area contributed by atoms with Gasteiger partial charge in [0.15, 0.2) is 5.78 Å². The molecule has 1 aromatic rings. The Hall–Kier alpha value is -0.160.